The lowest BCUT2D eigenvalue weighted by Crippen LogP contribution is -2.52. The van der Waals surface area contributed by atoms with Crippen molar-refractivity contribution < 1.29 is 37.8 Å². The highest BCUT2D eigenvalue weighted by atomic mass is 16.5. The van der Waals surface area contributed by atoms with Gasteiger partial charge in [0.05, 0.1) is 7.11 Å². The summed E-state index contributed by atoms with van der Waals surface area (Å²) in [5, 5.41) is 19.5. The first-order chi connectivity index (χ1) is 21.6. The number of para-hydroxylation sites is 1. The lowest BCUT2D eigenvalue weighted by atomic mass is 9.72. The quantitative estimate of drug-likeness (QED) is 0.243. The molecule has 0 radical (unpaired) electrons. The lowest BCUT2D eigenvalue weighted by Gasteiger charge is -2.28. The third-order valence-electron chi connectivity index (χ3n) is 8.55. The van der Waals surface area contributed by atoms with Crippen LogP contribution in [0.3, 0.4) is 0 Å². The molecular formula is C32H31N5O8. The van der Waals surface area contributed by atoms with Gasteiger partial charge in [-0.05, 0) is 36.1 Å². The Labute approximate surface area is 257 Å². The van der Waals surface area contributed by atoms with Crippen LogP contribution in [0, 0.1) is 5.92 Å². The van der Waals surface area contributed by atoms with Crippen LogP contribution in [0.4, 0.5) is 5.69 Å². The van der Waals surface area contributed by atoms with E-state index in [0.29, 0.717) is 11.5 Å². The number of carbonyl (C=O) groups excluding carboxylic acids is 3. The highest BCUT2D eigenvalue weighted by molar-refractivity contribution is 5.90. The molecule has 232 valence electrons. The fourth-order valence-electron chi connectivity index (χ4n) is 6.25. The molecule has 4 N–H and O–H groups in total. The molecule has 45 heavy (non-hydrogen) atoms. The number of hydrogen-bond donors (Lipinski definition) is 4. The van der Waals surface area contributed by atoms with Crippen molar-refractivity contribution in [3.63, 3.8) is 0 Å². The average molecular weight is 614 g/mol. The highest BCUT2D eigenvalue weighted by Crippen LogP contribution is 2.59. The predicted molar refractivity (Wildman–Crippen MR) is 157 cm³/mol. The number of nitrogens with zero attached hydrogens (tertiary/aromatic N) is 2. The van der Waals surface area contributed by atoms with E-state index in [1.54, 1.807) is 20.8 Å². The summed E-state index contributed by atoms with van der Waals surface area (Å²) in [6.45, 7) is 5.14. The molecule has 0 saturated heterocycles. The molecule has 1 spiro atoms. The normalized spacial score (nSPS) is 23.4. The number of rotatable bonds is 5. The zero-order valence-electron chi connectivity index (χ0n) is 24.9. The molecule has 0 aliphatic carbocycles. The summed E-state index contributed by atoms with van der Waals surface area (Å²) < 4.78 is 23.7. The minimum absolute atomic E-state index is 0.0173. The van der Waals surface area contributed by atoms with Crippen molar-refractivity contribution in [1.82, 2.24) is 20.6 Å². The first-order valence-electron chi connectivity index (χ1n) is 14.6. The van der Waals surface area contributed by atoms with Crippen molar-refractivity contribution in [3.05, 3.63) is 82.8 Å². The second kappa shape index (κ2) is 10.5. The summed E-state index contributed by atoms with van der Waals surface area (Å²) >= 11 is 0. The Morgan fingerprint density at radius 2 is 1.93 bits per heavy atom. The number of fused-ring (bicyclic) bond motifs is 4. The number of aromatic nitrogens is 2. The van der Waals surface area contributed by atoms with Gasteiger partial charge in [0.2, 0.25) is 23.6 Å². The van der Waals surface area contributed by atoms with Gasteiger partial charge in [-0.1, -0.05) is 44.2 Å². The maximum Gasteiger partial charge on any atom is 0.360 e. The molecule has 3 aliphatic rings. The van der Waals surface area contributed by atoms with Crippen molar-refractivity contribution in [3.8, 4) is 17.3 Å². The fourth-order valence-corrected chi connectivity index (χ4v) is 6.25. The van der Waals surface area contributed by atoms with E-state index < -0.39 is 47.6 Å². The molecule has 5 heterocycles. The van der Waals surface area contributed by atoms with E-state index in [4.69, 9.17) is 23.3 Å². The first-order valence-corrected chi connectivity index (χ1v) is 14.6. The van der Waals surface area contributed by atoms with E-state index in [9.17, 15) is 19.5 Å². The van der Waals surface area contributed by atoms with Crippen molar-refractivity contribution >= 4 is 23.5 Å². The topological polar surface area (TPSA) is 178 Å². The van der Waals surface area contributed by atoms with Crippen LogP contribution < -0.4 is 20.7 Å². The summed E-state index contributed by atoms with van der Waals surface area (Å²) in [7, 11) is 1.25. The Morgan fingerprint density at radius 3 is 2.71 bits per heavy atom. The molecule has 2 aromatic carbocycles. The third-order valence-corrected chi connectivity index (χ3v) is 8.55. The number of hydrogen-bond acceptors (Lipinski definition) is 11. The highest BCUT2D eigenvalue weighted by Gasteiger charge is 2.61. The smallest absolute Gasteiger partial charge is 0.360 e. The third kappa shape index (κ3) is 4.37. The number of oxazole rings is 2. The molecule has 4 bridgehead atoms. The van der Waals surface area contributed by atoms with Crippen LogP contribution in [0.15, 0.2) is 57.6 Å². The molecule has 2 aromatic heterocycles. The van der Waals surface area contributed by atoms with Crippen LogP contribution in [0.5, 0.6) is 5.75 Å². The summed E-state index contributed by atoms with van der Waals surface area (Å²) in [4.78, 5) is 47.9. The number of aliphatic hydroxyl groups excluding tert-OH is 1. The number of methoxy groups -OCH3 is 1. The molecule has 13 nitrogen and oxygen atoms in total. The van der Waals surface area contributed by atoms with Gasteiger partial charge in [0.25, 0.3) is 0 Å². The van der Waals surface area contributed by atoms with E-state index in [1.165, 1.54) is 13.4 Å². The predicted octanol–water partition coefficient (Wildman–Crippen LogP) is 2.83. The number of carbonyl (C=O) groups is 3. The Kier molecular flexibility index (Phi) is 6.66. The van der Waals surface area contributed by atoms with E-state index in [-0.39, 0.29) is 35.5 Å². The molecule has 4 aromatic rings. The van der Waals surface area contributed by atoms with Gasteiger partial charge in [-0.15, -0.1) is 0 Å². The van der Waals surface area contributed by atoms with Gasteiger partial charge in [0.1, 0.15) is 35.6 Å². The Balaban J connectivity index is 1.45. The second-order valence-corrected chi connectivity index (χ2v) is 11.8. The Morgan fingerprint density at radius 1 is 1.13 bits per heavy atom. The van der Waals surface area contributed by atoms with Crippen molar-refractivity contribution in [2.24, 2.45) is 5.92 Å². The molecule has 1 unspecified atom stereocenters. The standard InChI is InChI=1S/C32H31N5O8/c1-14(2)24(38)27(40)34-20-12-16-9-10-22-18(11-16)32(17-7-5-6-8-19(17)36-31(32)44-22)25-23(29-35-21(13-43-29)30(41)42-4)37-28(45-25)15(3)33-26(20)39/h5-11,13-15,20,24,31,36,38H,12H2,1-4H3,(H,33,39)(H,34,40)/t15-,20-,24-,31+,32?/m0/s1. The van der Waals surface area contributed by atoms with Crippen LogP contribution in [0.25, 0.3) is 11.6 Å². The Bertz CT molecular complexity index is 1850. The van der Waals surface area contributed by atoms with Crippen LogP contribution in [-0.4, -0.2) is 58.3 Å². The van der Waals surface area contributed by atoms with Gasteiger partial charge >= 0.3 is 5.97 Å². The summed E-state index contributed by atoms with van der Waals surface area (Å²) in [6, 6.07) is 11.5. The molecule has 13 heteroatoms. The van der Waals surface area contributed by atoms with Crippen molar-refractivity contribution in [1.29, 1.82) is 0 Å². The summed E-state index contributed by atoms with van der Waals surface area (Å²) in [5.74, 6) is -1.07. The molecule has 0 saturated carbocycles. The van der Waals surface area contributed by atoms with E-state index >= 15 is 0 Å². The molecule has 0 fully saturated rings. The Hall–Kier alpha value is -5.17. The molecule has 2 amide bonds. The number of amides is 2. The zero-order chi connectivity index (χ0) is 31.6. The van der Waals surface area contributed by atoms with Gasteiger partial charge in [-0.3, -0.25) is 9.59 Å². The van der Waals surface area contributed by atoms with E-state index in [2.05, 4.69) is 20.9 Å². The molecule has 7 rings (SSSR count). The van der Waals surface area contributed by atoms with Gasteiger partial charge < -0.3 is 39.4 Å². The van der Waals surface area contributed by atoms with Gasteiger partial charge in [-0.2, -0.15) is 0 Å². The van der Waals surface area contributed by atoms with Gasteiger partial charge in [-0.25, -0.2) is 14.8 Å². The number of aliphatic hydroxyl groups is 1. The van der Waals surface area contributed by atoms with Crippen LogP contribution in [0.1, 0.15) is 65.6 Å². The number of ether oxygens (including phenoxy) is 2. The molecule has 3 aliphatic heterocycles. The van der Waals surface area contributed by atoms with E-state index in [1.807, 2.05) is 42.5 Å². The first kappa shape index (κ1) is 28.6. The monoisotopic (exact) mass is 613 g/mol. The van der Waals surface area contributed by atoms with Crippen molar-refractivity contribution in [2.45, 2.75) is 57.0 Å². The minimum atomic E-state index is -1.29. The number of anilines is 1. The zero-order valence-corrected chi connectivity index (χ0v) is 24.9. The maximum absolute atomic E-state index is 13.6. The number of nitrogens with one attached hydrogen (secondary N) is 3. The van der Waals surface area contributed by atoms with Crippen LogP contribution in [-0.2, 0) is 26.2 Å². The van der Waals surface area contributed by atoms with Crippen LogP contribution in [0.2, 0.25) is 0 Å². The molecule has 5 atom stereocenters. The maximum atomic E-state index is 13.6. The average Bonchev–Trinajstić information content (AvgIpc) is 3.80. The number of benzene rings is 2. The summed E-state index contributed by atoms with van der Waals surface area (Å²) in [5.41, 5.74) is 2.24. The largest absolute Gasteiger partial charge is 0.469 e. The van der Waals surface area contributed by atoms with Gasteiger partial charge in [0.15, 0.2) is 23.4 Å². The summed E-state index contributed by atoms with van der Waals surface area (Å²) in [6.07, 6.45) is -0.619. The minimum Gasteiger partial charge on any atom is -0.469 e. The fraction of sp³-hybridized carbons (Fsp3) is 0.344. The second-order valence-electron chi connectivity index (χ2n) is 11.8. The van der Waals surface area contributed by atoms with Crippen LogP contribution >= 0.6 is 0 Å². The van der Waals surface area contributed by atoms with Crippen molar-refractivity contribution in [2.75, 3.05) is 12.4 Å². The number of esters is 1. The van der Waals surface area contributed by atoms with E-state index in [0.717, 1.165) is 22.4 Å². The lowest BCUT2D eigenvalue weighted by molar-refractivity contribution is -0.135. The molecular weight excluding hydrogens is 582 g/mol. The SMILES string of the molecule is COC(=O)c1coc(-c2nc3oc2C24c5ccccc5N[C@@H]2Oc2ccc(cc24)C[C@H](NC(=O)[C@@H](O)C(C)C)C(=O)N[C@H]3C)n1. The van der Waals surface area contributed by atoms with Gasteiger partial charge in [0, 0.05) is 17.7 Å².